The molecule has 7 nitrogen and oxygen atoms in total. The molecule has 0 saturated heterocycles. The van der Waals surface area contributed by atoms with Gasteiger partial charge in [-0.1, -0.05) is 6.92 Å². The maximum atomic E-state index is 11.2. The third-order valence-electron chi connectivity index (χ3n) is 2.28. The molecule has 0 bridgehead atoms. The Morgan fingerprint density at radius 2 is 1.78 bits per heavy atom. The van der Waals surface area contributed by atoms with Crippen molar-refractivity contribution in [3.05, 3.63) is 0 Å². The minimum atomic E-state index is -3.07. The van der Waals surface area contributed by atoms with Crippen molar-refractivity contribution in [3.8, 4) is 0 Å². The van der Waals surface area contributed by atoms with Crippen molar-refractivity contribution in [1.82, 2.24) is 10.6 Å². The summed E-state index contributed by atoms with van der Waals surface area (Å²) >= 11 is 0. The van der Waals surface area contributed by atoms with E-state index in [0.717, 1.165) is 6.26 Å². The highest BCUT2D eigenvalue weighted by Gasteiger charge is 2.10. The second kappa shape index (κ2) is 7.91. The molecular formula is C10H20N2O5S. The standard InChI is InChI=1S/C10H20N2O5S/c1-8(9(13)14)4-3-5-11-10(15)12-6-7-18(2,16)17/h8H,3-7H2,1-2H3,(H,13,14)(H2,11,12,15). The number of aliphatic carboxylic acids is 1. The van der Waals surface area contributed by atoms with Crippen LogP contribution in [0.3, 0.4) is 0 Å². The van der Waals surface area contributed by atoms with Gasteiger partial charge in [0.15, 0.2) is 0 Å². The van der Waals surface area contributed by atoms with Gasteiger partial charge >= 0.3 is 12.0 Å². The molecule has 1 atom stereocenters. The van der Waals surface area contributed by atoms with E-state index in [1.807, 2.05) is 0 Å². The molecule has 0 aliphatic rings. The van der Waals surface area contributed by atoms with Gasteiger partial charge in [0.1, 0.15) is 9.84 Å². The smallest absolute Gasteiger partial charge is 0.314 e. The zero-order chi connectivity index (χ0) is 14.2. The molecule has 106 valence electrons. The molecule has 0 aromatic heterocycles. The monoisotopic (exact) mass is 280 g/mol. The van der Waals surface area contributed by atoms with E-state index in [1.165, 1.54) is 0 Å². The van der Waals surface area contributed by atoms with Crippen molar-refractivity contribution < 1.29 is 23.1 Å². The number of hydrogen-bond donors (Lipinski definition) is 3. The Morgan fingerprint density at radius 1 is 1.22 bits per heavy atom. The van der Waals surface area contributed by atoms with Crippen LogP contribution in [0.1, 0.15) is 19.8 Å². The van der Waals surface area contributed by atoms with Gasteiger partial charge in [0.2, 0.25) is 0 Å². The maximum absolute atomic E-state index is 11.2. The van der Waals surface area contributed by atoms with Crippen molar-refractivity contribution in [2.45, 2.75) is 19.8 Å². The first-order chi connectivity index (χ1) is 8.22. The Morgan fingerprint density at radius 3 is 2.28 bits per heavy atom. The topological polar surface area (TPSA) is 113 Å². The molecule has 0 radical (unpaired) electrons. The van der Waals surface area contributed by atoms with Crippen molar-refractivity contribution >= 4 is 21.8 Å². The predicted octanol–water partition coefficient (Wildman–Crippen LogP) is -0.169. The predicted molar refractivity (Wildman–Crippen MR) is 67.1 cm³/mol. The molecular weight excluding hydrogens is 260 g/mol. The highest BCUT2D eigenvalue weighted by Crippen LogP contribution is 2.03. The van der Waals surface area contributed by atoms with Crippen LogP contribution in [0.5, 0.6) is 0 Å². The van der Waals surface area contributed by atoms with E-state index in [9.17, 15) is 18.0 Å². The fourth-order valence-electron chi connectivity index (χ4n) is 1.15. The van der Waals surface area contributed by atoms with E-state index in [2.05, 4.69) is 10.6 Å². The third-order valence-corrected chi connectivity index (χ3v) is 3.23. The number of urea groups is 1. The molecule has 0 rings (SSSR count). The summed E-state index contributed by atoms with van der Waals surface area (Å²) in [5.74, 6) is -1.39. The van der Waals surface area contributed by atoms with E-state index >= 15 is 0 Å². The zero-order valence-corrected chi connectivity index (χ0v) is 11.4. The Balaban J connectivity index is 3.57. The summed E-state index contributed by atoms with van der Waals surface area (Å²) in [4.78, 5) is 21.7. The van der Waals surface area contributed by atoms with Gasteiger partial charge in [0.25, 0.3) is 0 Å². The largest absolute Gasteiger partial charge is 0.481 e. The van der Waals surface area contributed by atoms with E-state index in [1.54, 1.807) is 6.92 Å². The molecule has 0 saturated carbocycles. The van der Waals surface area contributed by atoms with E-state index < -0.39 is 27.8 Å². The molecule has 0 aliphatic carbocycles. The van der Waals surface area contributed by atoms with Gasteiger partial charge in [-0.2, -0.15) is 0 Å². The molecule has 8 heteroatoms. The quantitative estimate of drug-likeness (QED) is 0.534. The number of carbonyl (C=O) groups excluding carboxylic acids is 1. The summed E-state index contributed by atoms with van der Waals surface area (Å²) in [7, 11) is -3.07. The van der Waals surface area contributed by atoms with E-state index in [-0.39, 0.29) is 12.3 Å². The van der Waals surface area contributed by atoms with Gasteiger partial charge in [-0.3, -0.25) is 4.79 Å². The van der Waals surface area contributed by atoms with Gasteiger partial charge < -0.3 is 15.7 Å². The minimum absolute atomic E-state index is 0.0657. The van der Waals surface area contributed by atoms with Gasteiger partial charge in [-0.05, 0) is 12.8 Å². The number of carboxylic acid groups (broad SMARTS) is 1. The van der Waals surface area contributed by atoms with Crippen molar-refractivity contribution in [2.75, 3.05) is 25.1 Å². The average molecular weight is 280 g/mol. The summed E-state index contributed by atoms with van der Waals surface area (Å²) in [6.07, 6.45) is 2.14. The summed E-state index contributed by atoms with van der Waals surface area (Å²) in [5.41, 5.74) is 0. The van der Waals surface area contributed by atoms with Crippen LogP contribution in [0, 0.1) is 5.92 Å². The Bertz CT molecular complexity index is 380. The number of rotatable bonds is 8. The lowest BCUT2D eigenvalue weighted by molar-refractivity contribution is -0.141. The molecule has 0 fully saturated rings. The number of amides is 2. The van der Waals surface area contributed by atoms with Crippen LogP contribution in [0.2, 0.25) is 0 Å². The van der Waals surface area contributed by atoms with Gasteiger partial charge in [-0.25, -0.2) is 13.2 Å². The lowest BCUT2D eigenvalue weighted by Crippen LogP contribution is -2.38. The number of carbonyl (C=O) groups is 2. The fourth-order valence-corrected chi connectivity index (χ4v) is 1.62. The lowest BCUT2D eigenvalue weighted by Gasteiger charge is -2.08. The van der Waals surface area contributed by atoms with Gasteiger partial charge in [-0.15, -0.1) is 0 Å². The maximum Gasteiger partial charge on any atom is 0.314 e. The minimum Gasteiger partial charge on any atom is -0.481 e. The van der Waals surface area contributed by atoms with Crippen LogP contribution in [-0.4, -0.2) is 50.6 Å². The third kappa shape index (κ3) is 9.88. The van der Waals surface area contributed by atoms with Crippen LogP contribution in [0.15, 0.2) is 0 Å². The number of nitrogens with one attached hydrogen (secondary N) is 2. The number of hydrogen-bond acceptors (Lipinski definition) is 4. The van der Waals surface area contributed by atoms with E-state index in [4.69, 9.17) is 5.11 Å². The molecule has 3 N–H and O–H groups in total. The summed E-state index contributed by atoms with van der Waals surface area (Å²) < 4.78 is 21.6. The molecule has 0 aromatic rings. The number of carboxylic acids is 1. The zero-order valence-electron chi connectivity index (χ0n) is 10.6. The summed E-state index contributed by atoms with van der Waals surface area (Å²) in [5, 5.41) is 13.6. The van der Waals surface area contributed by atoms with Gasteiger partial charge in [0.05, 0.1) is 11.7 Å². The molecule has 2 amide bonds. The molecule has 18 heavy (non-hydrogen) atoms. The highest BCUT2D eigenvalue weighted by molar-refractivity contribution is 7.90. The van der Waals surface area contributed by atoms with Crippen LogP contribution < -0.4 is 10.6 Å². The molecule has 0 aromatic carbocycles. The Kier molecular flexibility index (Phi) is 7.33. The first kappa shape index (κ1) is 16.7. The van der Waals surface area contributed by atoms with Crippen LogP contribution in [0.25, 0.3) is 0 Å². The molecule has 0 aliphatic heterocycles. The SMILES string of the molecule is CC(CCCNC(=O)NCCS(C)(=O)=O)C(=O)O. The molecule has 0 heterocycles. The molecule has 1 unspecified atom stereocenters. The number of sulfone groups is 1. The Labute approximate surface area is 107 Å². The Hall–Kier alpha value is -1.31. The average Bonchev–Trinajstić information content (AvgIpc) is 2.22. The van der Waals surface area contributed by atoms with Crippen LogP contribution in [0.4, 0.5) is 4.79 Å². The van der Waals surface area contributed by atoms with Crippen LogP contribution in [-0.2, 0) is 14.6 Å². The highest BCUT2D eigenvalue weighted by atomic mass is 32.2. The van der Waals surface area contributed by atoms with Crippen molar-refractivity contribution in [3.63, 3.8) is 0 Å². The van der Waals surface area contributed by atoms with Crippen LogP contribution >= 0.6 is 0 Å². The van der Waals surface area contributed by atoms with Gasteiger partial charge in [0, 0.05) is 19.3 Å². The summed E-state index contributed by atoms with van der Waals surface area (Å²) in [6.45, 7) is 2.03. The lowest BCUT2D eigenvalue weighted by atomic mass is 10.1. The normalized spacial score (nSPS) is 12.8. The van der Waals surface area contributed by atoms with Crippen molar-refractivity contribution in [2.24, 2.45) is 5.92 Å². The van der Waals surface area contributed by atoms with E-state index in [0.29, 0.717) is 19.4 Å². The summed E-state index contributed by atoms with van der Waals surface area (Å²) in [6, 6.07) is -0.443. The second-order valence-corrected chi connectivity index (χ2v) is 6.45. The fraction of sp³-hybridized carbons (Fsp3) is 0.800. The first-order valence-electron chi connectivity index (χ1n) is 5.64. The van der Waals surface area contributed by atoms with Crippen molar-refractivity contribution in [1.29, 1.82) is 0 Å². The molecule has 0 spiro atoms. The second-order valence-electron chi connectivity index (χ2n) is 4.19. The first-order valence-corrected chi connectivity index (χ1v) is 7.70.